The highest BCUT2D eigenvalue weighted by molar-refractivity contribution is 7.86. The van der Waals surface area contributed by atoms with Crippen molar-refractivity contribution in [2.24, 2.45) is 0 Å². The first kappa shape index (κ1) is 16.3. The number of rotatable bonds is 3. The maximum Gasteiger partial charge on any atom is 0.297 e. The molecular formula is C16H24O4S. The average Bonchev–Trinajstić information content (AvgIpc) is 2.61. The predicted octanol–water partition coefficient (Wildman–Crippen LogP) is 3.44. The molecule has 2 rings (SSSR count). The Labute approximate surface area is 127 Å². The van der Waals surface area contributed by atoms with Gasteiger partial charge in [-0.2, -0.15) is 8.42 Å². The zero-order valence-electron chi connectivity index (χ0n) is 13.8. The summed E-state index contributed by atoms with van der Waals surface area (Å²) < 4.78 is 36.3. The van der Waals surface area contributed by atoms with Crippen molar-refractivity contribution in [3.63, 3.8) is 0 Å². The van der Waals surface area contributed by atoms with E-state index in [9.17, 15) is 8.42 Å². The molecule has 1 heterocycles. The zero-order chi connectivity index (χ0) is 16.2. The summed E-state index contributed by atoms with van der Waals surface area (Å²) in [5.74, 6) is 0.832. The van der Waals surface area contributed by atoms with E-state index in [0.29, 0.717) is 16.9 Å². The summed E-state index contributed by atoms with van der Waals surface area (Å²) >= 11 is 0. The minimum Gasteiger partial charge on any atom is -0.487 e. The molecule has 0 N–H and O–H groups in total. The lowest BCUT2D eigenvalue weighted by atomic mass is 9.94. The van der Waals surface area contributed by atoms with E-state index in [4.69, 9.17) is 8.92 Å². The van der Waals surface area contributed by atoms with Crippen molar-refractivity contribution in [1.82, 2.24) is 0 Å². The Morgan fingerprint density at radius 1 is 1.10 bits per heavy atom. The second kappa shape index (κ2) is 4.99. The standard InChI is InChI=1S/C16H24O4S/c1-9(2)20-21(17,18)15-11(4)10(3)14-13(12(15)5)8-16(6,7)19-14/h9H,8H2,1-7H3. The van der Waals surface area contributed by atoms with Crippen LogP contribution >= 0.6 is 0 Å². The Bertz CT molecular complexity index is 685. The van der Waals surface area contributed by atoms with Gasteiger partial charge in [-0.15, -0.1) is 0 Å². The fourth-order valence-corrected chi connectivity index (χ4v) is 4.55. The lowest BCUT2D eigenvalue weighted by Gasteiger charge is -2.19. The van der Waals surface area contributed by atoms with E-state index in [1.54, 1.807) is 13.8 Å². The number of ether oxygens (including phenoxy) is 1. The third-order valence-electron chi connectivity index (χ3n) is 3.86. The molecule has 0 atom stereocenters. The molecule has 0 unspecified atom stereocenters. The summed E-state index contributed by atoms with van der Waals surface area (Å²) in [4.78, 5) is 0.300. The number of fused-ring (bicyclic) bond motifs is 1. The second-order valence-corrected chi connectivity index (χ2v) is 8.16. The molecule has 1 aliphatic heterocycles. The molecular weight excluding hydrogens is 288 g/mol. The summed E-state index contributed by atoms with van der Waals surface area (Å²) in [6.45, 7) is 13.0. The zero-order valence-corrected chi connectivity index (χ0v) is 14.6. The fourth-order valence-electron chi connectivity index (χ4n) is 2.92. The molecule has 0 saturated carbocycles. The van der Waals surface area contributed by atoms with Gasteiger partial charge in [0.15, 0.2) is 0 Å². The van der Waals surface area contributed by atoms with Crippen LogP contribution in [0, 0.1) is 20.8 Å². The van der Waals surface area contributed by atoms with E-state index in [1.807, 2.05) is 34.6 Å². The largest absolute Gasteiger partial charge is 0.487 e. The smallest absolute Gasteiger partial charge is 0.297 e. The molecule has 1 aromatic carbocycles. The van der Waals surface area contributed by atoms with Gasteiger partial charge in [0, 0.05) is 12.0 Å². The van der Waals surface area contributed by atoms with Crippen molar-refractivity contribution < 1.29 is 17.3 Å². The van der Waals surface area contributed by atoms with Gasteiger partial charge in [-0.25, -0.2) is 0 Å². The van der Waals surface area contributed by atoms with E-state index >= 15 is 0 Å². The molecule has 0 radical (unpaired) electrons. The minimum atomic E-state index is -3.76. The monoisotopic (exact) mass is 312 g/mol. The molecule has 4 nitrogen and oxygen atoms in total. The van der Waals surface area contributed by atoms with Crippen molar-refractivity contribution in [2.45, 2.75) is 71.5 Å². The maximum atomic E-state index is 12.5. The van der Waals surface area contributed by atoms with E-state index in [2.05, 4.69) is 0 Å². The molecule has 0 spiro atoms. The van der Waals surface area contributed by atoms with Crippen molar-refractivity contribution in [3.05, 3.63) is 22.3 Å². The fraction of sp³-hybridized carbons (Fsp3) is 0.625. The number of hydrogen-bond donors (Lipinski definition) is 0. The Kier molecular flexibility index (Phi) is 3.87. The van der Waals surface area contributed by atoms with Gasteiger partial charge in [0.25, 0.3) is 10.1 Å². The normalized spacial score (nSPS) is 17.0. The van der Waals surface area contributed by atoms with Crippen LogP contribution < -0.4 is 4.74 Å². The summed E-state index contributed by atoms with van der Waals surface area (Å²) in [5.41, 5.74) is 3.02. The third kappa shape index (κ3) is 2.81. The number of hydrogen-bond acceptors (Lipinski definition) is 4. The summed E-state index contributed by atoms with van der Waals surface area (Å²) in [5, 5.41) is 0. The molecule has 0 fully saturated rings. The topological polar surface area (TPSA) is 52.6 Å². The second-order valence-electron chi connectivity index (χ2n) is 6.65. The third-order valence-corrected chi connectivity index (χ3v) is 5.61. The van der Waals surface area contributed by atoms with Crippen LogP contribution in [0.1, 0.15) is 49.9 Å². The average molecular weight is 312 g/mol. The molecule has 118 valence electrons. The van der Waals surface area contributed by atoms with Crippen LogP contribution in [0.2, 0.25) is 0 Å². The van der Waals surface area contributed by atoms with Crippen molar-refractivity contribution >= 4 is 10.1 Å². The van der Waals surface area contributed by atoms with Gasteiger partial charge >= 0.3 is 0 Å². The quantitative estimate of drug-likeness (QED) is 0.802. The van der Waals surface area contributed by atoms with Gasteiger partial charge in [-0.3, -0.25) is 4.18 Å². The van der Waals surface area contributed by atoms with Gasteiger partial charge < -0.3 is 4.74 Å². The summed E-state index contributed by atoms with van der Waals surface area (Å²) in [6, 6.07) is 0. The van der Waals surface area contributed by atoms with E-state index in [0.717, 1.165) is 22.4 Å². The molecule has 0 bridgehead atoms. The van der Waals surface area contributed by atoms with E-state index in [1.165, 1.54) is 0 Å². The molecule has 1 aliphatic rings. The van der Waals surface area contributed by atoms with E-state index < -0.39 is 10.1 Å². The minimum absolute atomic E-state index is 0.300. The van der Waals surface area contributed by atoms with Gasteiger partial charge in [-0.1, -0.05) is 0 Å². The lowest BCUT2D eigenvalue weighted by Crippen LogP contribution is -2.24. The van der Waals surface area contributed by atoms with Crippen LogP contribution in [0.4, 0.5) is 0 Å². The van der Waals surface area contributed by atoms with Gasteiger partial charge in [0.2, 0.25) is 0 Å². The van der Waals surface area contributed by atoms with Crippen molar-refractivity contribution in [2.75, 3.05) is 0 Å². The lowest BCUT2D eigenvalue weighted by molar-refractivity contribution is 0.137. The predicted molar refractivity (Wildman–Crippen MR) is 82.5 cm³/mol. The maximum absolute atomic E-state index is 12.5. The number of benzene rings is 1. The molecule has 5 heteroatoms. The Balaban J connectivity index is 2.70. The highest BCUT2D eigenvalue weighted by Gasteiger charge is 2.36. The molecule has 0 aliphatic carbocycles. The SMILES string of the molecule is Cc1c(C)c(S(=O)(=O)OC(C)C)c(C)c2c1OC(C)(C)C2. The molecule has 0 amide bonds. The first-order chi connectivity index (χ1) is 9.46. The highest BCUT2D eigenvalue weighted by Crippen LogP contribution is 2.44. The Morgan fingerprint density at radius 3 is 2.19 bits per heavy atom. The van der Waals surface area contributed by atoms with Gasteiger partial charge in [-0.05, 0) is 65.2 Å². The van der Waals surface area contributed by atoms with Crippen LogP contribution in [0.15, 0.2) is 4.90 Å². The van der Waals surface area contributed by atoms with Crippen LogP contribution in [0.3, 0.4) is 0 Å². The first-order valence-corrected chi connectivity index (χ1v) is 8.62. The van der Waals surface area contributed by atoms with Crippen LogP contribution in [-0.4, -0.2) is 20.1 Å². The highest BCUT2D eigenvalue weighted by atomic mass is 32.2. The van der Waals surface area contributed by atoms with E-state index in [-0.39, 0.29) is 11.7 Å². The Hall–Kier alpha value is -1.07. The molecule has 0 saturated heterocycles. The summed E-state index contributed by atoms with van der Waals surface area (Å²) in [6.07, 6.45) is 0.328. The Morgan fingerprint density at radius 2 is 1.67 bits per heavy atom. The summed E-state index contributed by atoms with van der Waals surface area (Å²) in [7, 11) is -3.76. The molecule has 1 aromatic rings. The van der Waals surface area contributed by atoms with Crippen LogP contribution in [0.5, 0.6) is 5.75 Å². The van der Waals surface area contributed by atoms with Crippen LogP contribution in [-0.2, 0) is 20.7 Å². The van der Waals surface area contributed by atoms with Crippen LogP contribution in [0.25, 0.3) is 0 Å². The molecule has 21 heavy (non-hydrogen) atoms. The van der Waals surface area contributed by atoms with Crippen molar-refractivity contribution in [1.29, 1.82) is 0 Å². The van der Waals surface area contributed by atoms with Gasteiger partial charge in [0.1, 0.15) is 16.2 Å². The first-order valence-electron chi connectivity index (χ1n) is 7.21. The van der Waals surface area contributed by atoms with Gasteiger partial charge in [0.05, 0.1) is 6.10 Å². The van der Waals surface area contributed by atoms with Crippen molar-refractivity contribution in [3.8, 4) is 5.75 Å². The molecule has 0 aromatic heterocycles.